The average molecular weight is 500 g/mol. The van der Waals surface area contributed by atoms with Gasteiger partial charge >= 0.3 is 0 Å². The van der Waals surface area contributed by atoms with Crippen LogP contribution in [0, 0.1) is 0 Å². The third-order valence-corrected chi connectivity index (χ3v) is 3.55. The number of nitrogens with zero attached hydrogens (tertiary/aromatic N) is 4. The highest BCUT2D eigenvalue weighted by molar-refractivity contribution is 14.0. The molecule has 0 radical (unpaired) electrons. The molecule has 0 saturated heterocycles. The van der Waals surface area contributed by atoms with Crippen molar-refractivity contribution in [2.24, 2.45) is 12.0 Å². The maximum Gasteiger partial charge on any atom is 0.243 e. The second-order valence-corrected chi connectivity index (χ2v) is 6.76. The molecular weight excluding hydrogens is 473 g/mol. The third kappa shape index (κ3) is 7.56. The average Bonchev–Trinajstić information content (AvgIpc) is 2.71. The van der Waals surface area contributed by atoms with Crippen molar-refractivity contribution in [1.29, 1.82) is 0 Å². The van der Waals surface area contributed by atoms with Crippen LogP contribution in [0.5, 0.6) is 0 Å². The van der Waals surface area contributed by atoms with Gasteiger partial charge in [0.15, 0.2) is 5.96 Å². The van der Waals surface area contributed by atoms with Crippen molar-refractivity contribution >= 4 is 51.8 Å². The Hall–Kier alpha value is -0.770. The van der Waals surface area contributed by atoms with Crippen molar-refractivity contribution in [3.05, 3.63) is 22.4 Å². The van der Waals surface area contributed by atoms with Gasteiger partial charge in [0.1, 0.15) is 6.54 Å². The quantitative estimate of drug-likeness (QED) is 0.384. The lowest BCUT2D eigenvalue weighted by atomic mass is 10.4. The first-order chi connectivity index (χ1) is 10.2. The lowest BCUT2D eigenvalue weighted by Gasteiger charge is -2.24. The van der Waals surface area contributed by atoms with Crippen LogP contribution in [0.3, 0.4) is 0 Å². The molecule has 1 aromatic heterocycles. The van der Waals surface area contributed by atoms with Crippen molar-refractivity contribution in [3.63, 3.8) is 0 Å². The van der Waals surface area contributed by atoms with Crippen molar-refractivity contribution in [2.45, 2.75) is 26.4 Å². The Bertz CT molecular complexity index is 542. The monoisotopic (exact) mass is 499 g/mol. The van der Waals surface area contributed by atoms with Gasteiger partial charge in [0.2, 0.25) is 5.91 Å². The third-order valence-electron chi connectivity index (χ3n) is 3.12. The summed E-state index contributed by atoms with van der Waals surface area (Å²) in [5.74, 6) is 0.709. The molecule has 0 aliphatic heterocycles. The maximum atomic E-state index is 11.7. The Morgan fingerprint density at radius 1 is 1.39 bits per heavy atom. The normalized spacial score (nSPS) is 11.2. The molecule has 0 aliphatic rings. The fourth-order valence-electron chi connectivity index (χ4n) is 1.86. The number of hydrogen-bond donors (Lipinski definition) is 1. The van der Waals surface area contributed by atoms with Gasteiger partial charge in [0.25, 0.3) is 0 Å². The van der Waals surface area contributed by atoms with Crippen LogP contribution >= 0.6 is 39.9 Å². The van der Waals surface area contributed by atoms with Gasteiger partial charge in [-0.15, -0.1) is 24.0 Å². The Labute approximate surface area is 164 Å². The van der Waals surface area contributed by atoms with Gasteiger partial charge in [-0.25, -0.2) is 4.99 Å². The van der Waals surface area contributed by atoms with Crippen LogP contribution in [0.4, 0.5) is 0 Å². The molecule has 1 aromatic rings. The van der Waals surface area contributed by atoms with E-state index < -0.39 is 0 Å². The summed E-state index contributed by atoms with van der Waals surface area (Å²) in [6.45, 7) is 4.95. The summed E-state index contributed by atoms with van der Waals surface area (Å²) in [5, 5.41) is 3.30. The first kappa shape index (κ1) is 22.2. The minimum absolute atomic E-state index is 0. The lowest BCUT2D eigenvalue weighted by Crippen LogP contribution is -2.43. The number of guanidine groups is 1. The molecule has 0 atom stereocenters. The van der Waals surface area contributed by atoms with Crippen LogP contribution in [0.15, 0.2) is 21.7 Å². The number of aryl methyl sites for hydroxylation is 1. The van der Waals surface area contributed by atoms with Crippen LogP contribution in [0.2, 0.25) is 0 Å². The molecule has 0 unspecified atom stereocenters. The van der Waals surface area contributed by atoms with Gasteiger partial charge < -0.3 is 19.7 Å². The molecule has 0 spiro atoms. The van der Waals surface area contributed by atoms with Crippen molar-refractivity contribution in [2.75, 3.05) is 27.7 Å². The summed E-state index contributed by atoms with van der Waals surface area (Å²) in [5.41, 5.74) is 1.16. The van der Waals surface area contributed by atoms with E-state index in [2.05, 4.69) is 50.7 Å². The molecule has 0 fully saturated rings. The zero-order chi connectivity index (χ0) is 16.9. The van der Waals surface area contributed by atoms with Gasteiger partial charge in [-0.1, -0.05) is 0 Å². The molecule has 23 heavy (non-hydrogen) atoms. The fraction of sp³-hybridized carbons (Fsp3) is 0.600. The summed E-state index contributed by atoms with van der Waals surface area (Å²) >= 11 is 3.48. The highest BCUT2D eigenvalue weighted by Crippen LogP contribution is 2.15. The van der Waals surface area contributed by atoms with E-state index in [9.17, 15) is 4.79 Å². The first-order valence-corrected chi connectivity index (χ1v) is 8.03. The summed E-state index contributed by atoms with van der Waals surface area (Å²) in [7, 11) is 7.45. The number of nitrogens with one attached hydrogen (secondary N) is 1. The van der Waals surface area contributed by atoms with Crippen LogP contribution in [0.1, 0.15) is 19.5 Å². The minimum Gasteiger partial charge on any atom is -0.354 e. The molecule has 1 heterocycles. The number of aliphatic imine (C=N–C) groups is 1. The first-order valence-electron chi connectivity index (χ1n) is 7.23. The SMILES string of the molecule is CC(C)NC(=NCC(=O)N(C)C)N(C)Cc1cc(Br)cn1C.I. The van der Waals surface area contributed by atoms with E-state index in [1.807, 2.05) is 25.2 Å². The van der Waals surface area contributed by atoms with Crippen molar-refractivity contribution in [1.82, 2.24) is 19.7 Å². The van der Waals surface area contributed by atoms with E-state index in [1.165, 1.54) is 0 Å². The van der Waals surface area contributed by atoms with Gasteiger partial charge in [-0.2, -0.15) is 0 Å². The Balaban J connectivity index is 0.00000484. The molecule has 1 N–H and O–H groups in total. The molecule has 132 valence electrons. The zero-order valence-corrected chi connectivity index (χ0v) is 18.5. The van der Waals surface area contributed by atoms with Gasteiger partial charge in [-0.3, -0.25) is 4.79 Å². The summed E-state index contributed by atoms with van der Waals surface area (Å²) < 4.78 is 3.12. The van der Waals surface area contributed by atoms with E-state index in [0.717, 1.165) is 16.1 Å². The van der Waals surface area contributed by atoms with E-state index in [1.54, 1.807) is 19.0 Å². The number of halogens is 2. The molecule has 0 bridgehead atoms. The molecule has 1 rings (SSSR count). The van der Waals surface area contributed by atoms with E-state index in [0.29, 0.717) is 6.54 Å². The number of rotatable bonds is 5. The van der Waals surface area contributed by atoms with Crippen molar-refractivity contribution in [3.8, 4) is 0 Å². The number of amides is 1. The van der Waals surface area contributed by atoms with Crippen LogP contribution in [-0.2, 0) is 18.4 Å². The highest BCUT2D eigenvalue weighted by atomic mass is 127. The molecule has 1 amide bonds. The number of likely N-dealkylation sites (N-methyl/N-ethyl adjacent to an activating group) is 1. The largest absolute Gasteiger partial charge is 0.354 e. The Morgan fingerprint density at radius 3 is 2.43 bits per heavy atom. The number of aromatic nitrogens is 1. The van der Waals surface area contributed by atoms with E-state index in [-0.39, 0.29) is 42.5 Å². The maximum absolute atomic E-state index is 11.7. The van der Waals surface area contributed by atoms with Gasteiger partial charge in [0, 0.05) is 50.6 Å². The van der Waals surface area contributed by atoms with E-state index >= 15 is 0 Å². The summed E-state index contributed by atoms with van der Waals surface area (Å²) in [4.78, 5) is 19.7. The molecule has 8 heteroatoms. The summed E-state index contributed by atoms with van der Waals surface area (Å²) in [6, 6.07) is 2.32. The number of carbonyl (C=O) groups excluding carboxylic acids is 1. The zero-order valence-electron chi connectivity index (χ0n) is 14.6. The van der Waals surface area contributed by atoms with Gasteiger partial charge in [-0.05, 0) is 35.8 Å². The number of hydrogen-bond acceptors (Lipinski definition) is 2. The second-order valence-electron chi connectivity index (χ2n) is 5.84. The predicted molar refractivity (Wildman–Crippen MR) is 109 cm³/mol. The molecule has 0 aliphatic carbocycles. The lowest BCUT2D eigenvalue weighted by molar-refractivity contribution is -0.127. The standard InChI is InChI=1S/C15H26BrN5O.HI/c1-11(2)18-15(17-8-14(22)19(3)4)21(6)10-13-7-12(16)9-20(13)5;/h7,9,11H,8,10H2,1-6H3,(H,17,18);1H. The molecule has 0 saturated carbocycles. The predicted octanol–water partition coefficient (Wildman–Crippen LogP) is 2.28. The molecule has 6 nitrogen and oxygen atoms in total. The Morgan fingerprint density at radius 2 is 2.00 bits per heavy atom. The van der Waals surface area contributed by atoms with E-state index in [4.69, 9.17) is 0 Å². The van der Waals surface area contributed by atoms with Crippen LogP contribution in [-0.4, -0.2) is 60.0 Å². The van der Waals surface area contributed by atoms with Crippen LogP contribution in [0.25, 0.3) is 0 Å². The van der Waals surface area contributed by atoms with Gasteiger partial charge in [0.05, 0.1) is 6.54 Å². The second kappa shape index (κ2) is 10.2. The molecular formula is C15H27BrIN5O. The minimum atomic E-state index is -0.0157. The summed E-state index contributed by atoms with van der Waals surface area (Å²) in [6.07, 6.45) is 2.02. The smallest absolute Gasteiger partial charge is 0.243 e. The van der Waals surface area contributed by atoms with Crippen LogP contribution < -0.4 is 5.32 Å². The number of carbonyl (C=O) groups is 1. The molecule has 0 aromatic carbocycles. The highest BCUT2D eigenvalue weighted by Gasteiger charge is 2.12. The van der Waals surface area contributed by atoms with Crippen molar-refractivity contribution < 1.29 is 4.79 Å². The topological polar surface area (TPSA) is 52.9 Å². The Kier molecular flexibility index (Phi) is 9.83. The fourth-order valence-corrected chi connectivity index (χ4v) is 2.43.